The molecule has 0 bridgehead atoms. The van der Waals surface area contributed by atoms with Crippen LogP contribution in [0.15, 0.2) is 0 Å². The van der Waals surface area contributed by atoms with Crippen LogP contribution in [0.4, 0.5) is 0 Å². The number of esters is 1. The molecule has 1 rings (SSSR count). The molecule has 0 saturated carbocycles. The first-order valence-electron chi connectivity index (χ1n) is 6.55. The molecule has 0 amide bonds. The maximum atomic E-state index is 11.7. The summed E-state index contributed by atoms with van der Waals surface area (Å²) in [5.41, 5.74) is -0.312. The molecule has 1 fully saturated rings. The van der Waals surface area contributed by atoms with Crippen molar-refractivity contribution in [3.8, 4) is 0 Å². The van der Waals surface area contributed by atoms with E-state index in [4.69, 9.17) is 4.74 Å². The van der Waals surface area contributed by atoms with Crippen LogP contribution in [0, 0.1) is 5.92 Å². The second-order valence-corrected chi connectivity index (χ2v) is 6.04. The normalized spacial score (nSPS) is 18.1. The van der Waals surface area contributed by atoms with Gasteiger partial charge in [-0.3, -0.25) is 4.79 Å². The summed E-state index contributed by atoms with van der Waals surface area (Å²) in [5, 5.41) is 4.29. The Morgan fingerprint density at radius 1 is 1.35 bits per heavy atom. The second kappa shape index (κ2) is 7.37. The van der Waals surface area contributed by atoms with Crippen LogP contribution in [0.5, 0.6) is 0 Å². The molecule has 0 aromatic carbocycles. The van der Waals surface area contributed by atoms with Gasteiger partial charge in [-0.15, -0.1) is 0 Å². The van der Waals surface area contributed by atoms with Crippen molar-refractivity contribution in [1.82, 2.24) is 5.32 Å². The number of rotatable bonds is 6. The Bertz CT molecular complexity index is 238. The smallest absolute Gasteiger partial charge is 0.306 e. The molecule has 100 valence electrons. The minimum absolute atomic E-state index is 0.0468. The SMILES string of the molecule is CC(C)(OC(=O)CCCCBr)C1CCNCC1. The Hall–Kier alpha value is -0.0900. The van der Waals surface area contributed by atoms with Gasteiger partial charge in [-0.05, 0) is 52.6 Å². The average molecular weight is 306 g/mol. The number of carbonyl (C=O) groups excluding carboxylic acids is 1. The van der Waals surface area contributed by atoms with Crippen LogP contribution >= 0.6 is 15.9 Å². The van der Waals surface area contributed by atoms with E-state index in [9.17, 15) is 4.79 Å². The highest BCUT2D eigenvalue weighted by Crippen LogP contribution is 2.29. The number of alkyl halides is 1. The fourth-order valence-electron chi connectivity index (χ4n) is 2.31. The van der Waals surface area contributed by atoms with Crippen LogP contribution in [0.2, 0.25) is 0 Å². The molecule has 0 atom stereocenters. The van der Waals surface area contributed by atoms with E-state index in [0.29, 0.717) is 12.3 Å². The Balaban J connectivity index is 2.33. The van der Waals surface area contributed by atoms with Crippen molar-refractivity contribution < 1.29 is 9.53 Å². The van der Waals surface area contributed by atoms with Gasteiger partial charge in [0, 0.05) is 17.7 Å². The van der Waals surface area contributed by atoms with Gasteiger partial charge < -0.3 is 10.1 Å². The third kappa shape index (κ3) is 5.38. The fraction of sp³-hybridized carbons (Fsp3) is 0.923. The van der Waals surface area contributed by atoms with Gasteiger partial charge in [-0.25, -0.2) is 0 Å². The molecule has 0 aromatic heterocycles. The number of unbranched alkanes of at least 4 members (excludes halogenated alkanes) is 1. The summed E-state index contributed by atoms with van der Waals surface area (Å²) in [4.78, 5) is 11.7. The zero-order valence-electron chi connectivity index (χ0n) is 10.9. The van der Waals surface area contributed by atoms with Gasteiger partial charge in [-0.2, -0.15) is 0 Å². The van der Waals surface area contributed by atoms with Crippen LogP contribution in [-0.4, -0.2) is 30.0 Å². The molecule has 0 unspecified atom stereocenters. The van der Waals surface area contributed by atoms with Gasteiger partial charge in [0.25, 0.3) is 0 Å². The van der Waals surface area contributed by atoms with E-state index >= 15 is 0 Å². The number of piperidine rings is 1. The number of ether oxygens (including phenoxy) is 1. The molecule has 4 heteroatoms. The van der Waals surface area contributed by atoms with Crippen LogP contribution in [0.25, 0.3) is 0 Å². The number of hydrogen-bond donors (Lipinski definition) is 1. The predicted octanol–water partition coefficient (Wildman–Crippen LogP) is 2.87. The van der Waals surface area contributed by atoms with Gasteiger partial charge in [0.15, 0.2) is 0 Å². The fourth-order valence-corrected chi connectivity index (χ4v) is 2.71. The first-order valence-corrected chi connectivity index (χ1v) is 7.67. The molecule has 3 nitrogen and oxygen atoms in total. The first-order chi connectivity index (χ1) is 8.06. The van der Waals surface area contributed by atoms with Gasteiger partial charge >= 0.3 is 5.97 Å². The molecule has 0 aromatic rings. The van der Waals surface area contributed by atoms with Crippen molar-refractivity contribution >= 4 is 21.9 Å². The standard InChI is InChI=1S/C13H24BrNO2/c1-13(2,11-6-9-15-10-7-11)17-12(16)5-3-4-8-14/h11,15H,3-10H2,1-2H3. The van der Waals surface area contributed by atoms with Gasteiger partial charge in [-0.1, -0.05) is 15.9 Å². The average Bonchev–Trinajstić information content (AvgIpc) is 2.30. The van der Waals surface area contributed by atoms with E-state index in [2.05, 4.69) is 21.2 Å². The molecule has 1 N–H and O–H groups in total. The largest absolute Gasteiger partial charge is 0.459 e. The maximum absolute atomic E-state index is 11.7. The van der Waals surface area contributed by atoms with Crippen LogP contribution in [-0.2, 0) is 9.53 Å². The van der Waals surface area contributed by atoms with Crippen LogP contribution in [0.3, 0.4) is 0 Å². The lowest BCUT2D eigenvalue weighted by Crippen LogP contribution is -2.42. The Labute approximate surface area is 113 Å². The van der Waals surface area contributed by atoms with E-state index in [1.165, 1.54) is 0 Å². The minimum Gasteiger partial charge on any atom is -0.459 e. The third-order valence-corrected chi connectivity index (χ3v) is 4.02. The topological polar surface area (TPSA) is 38.3 Å². The maximum Gasteiger partial charge on any atom is 0.306 e. The first kappa shape index (κ1) is 15.0. The van der Waals surface area contributed by atoms with E-state index in [1.807, 2.05) is 13.8 Å². The highest BCUT2D eigenvalue weighted by molar-refractivity contribution is 9.09. The molecule has 1 aliphatic heterocycles. The van der Waals surface area contributed by atoms with E-state index < -0.39 is 0 Å². The molecule has 17 heavy (non-hydrogen) atoms. The van der Waals surface area contributed by atoms with E-state index in [1.54, 1.807) is 0 Å². The van der Waals surface area contributed by atoms with Gasteiger partial charge in [0.1, 0.15) is 5.60 Å². The number of nitrogens with one attached hydrogen (secondary N) is 1. The molecular weight excluding hydrogens is 282 g/mol. The summed E-state index contributed by atoms with van der Waals surface area (Å²) in [6, 6.07) is 0. The molecule has 0 aliphatic carbocycles. The molecule has 0 radical (unpaired) electrons. The van der Waals surface area contributed by atoms with Crippen LogP contribution < -0.4 is 5.32 Å². The Morgan fingerprint density at radius 3 is 2.59 bits per heavy atom. The van der Waals surface area contributed by atoms with Crippen molar-refractivity contribution in [3.63, 3.8) is 0 Å². The predicted molar refractivity (Wildman–Crippen MR) is 73.4 cm³/mol. The zero-order chi connectivity index (χ0) is 12.7. The molecule has 1 heterocycles. The van der Waals surface area contributed by atoms with Crippen molar-refractivity contribution in [2.45, 2.75) is 51.6 Å². The van der Waals surface area contributed by atoms with Crippen molar-refractivity contribution in [2.75, 3.05) is 18.4 Å². The van der Waals surface area contributed by atoms with E-state index in [-0.39, 0.29) is 11.6 Å². The summed E-state index contributed by atoms with van der Waals surface area (Å²) in [6.07, 6.45) is 4.68. The van der Waals surface area contributed by atoms with E-state index in [0.717, 1.165) is 44.1 Å². The zero-order valence-corrected chi connectivity index (χ0v) is 12.5. The highest BCUT2D eigenvalue weighted by Gasteiger charge is 2.33. The summed E-state index contributed by atoms with van der Waals surface area (Å²) in [6.45, 7) is 6.17. The summed E-state index contributed by atoms with van der Waals surface area (Å²) >= 11 is 3.36. The van der Waals surface area contributed by atoms with Gasteiger partial charge in [0.05, 0.1) is 0 Å². The molecule has 1 aliphatic rings. The van der Waals surface area contributed by atoms with Gasteiger partial charge in [0.2, 0.25) is 0 Å². The monoisotopic (exact) mass is 305 g/mol. The Kier molecular flexibility index (Phi) is 6.49. The summed E-state index contributed by atoms with van der Waals surface area (Å²) < 4.78 is 5.64. The number of halogens is 1. The van der Waals surface area contributed by atoms with Crippen molar-refractivity contribution in [3.05, 3.63) is 0 Å². The summed E-state index contributed by atoms with van der Waals surface area (Å²) in [5.74, 6) is 0.443. The lowest BCUT2D eigenvalue weighted by molar-refractivity contribution is -0.162. The van der Waals surface area contributed by atoms with Crippen LogP contribution in [0.1, 0.15) is 46.0 Å². The summed E-state index contributed by atoms with van der Waals surface area (Å²) in [7, 11) is 0. The minimum atomic E-state index is -0.312. The van der Waals surface area contributed by atoms with Crippen molar-refractivity contribution in [2.24, 2.45) is 5.92 Å². The Morgan fingerprint density at radius 2 is 2.00 bits per heavy atom. The molecule has 0 spiro atoms. The van der Waals surface area contributed by atoms with Crippen molar-refractivity contribution in [1.29, 1.82) is 0 Å². The highest BCUT2D eigenvalue weighted by atomic mass is 79.9. The lowest BCUT2D eigenvalue weighted by atomic mass is 9.83. The lowest BCUT2D eigenvalue weighted by Gasteiger charge is -2.36. The number of hydrogen-bond acceptors (Lipinski definition) is 3. The third-order valence-electron chi connectivity index (χ3n) is 3.46. The number of carbonyl (C=O) groups is 1. The second-order valence-electron chi connectivity index (χ2n) is 5.25. The quantitative estimate of drug-likeness (QED) is 0.466. The molecular formula is C13H24BrNO2. The molecule has 1 saturated heterocycles.